The number of carbonyl (C=O) groups excluding carboxylic acids is 3. The molecular formula is C26H22Br2N2O4. The van der Waals surface area contributed by atoms with Gasteiger partial charge in [-0.15, -0.1) is 0 Å². The van der Waals surface area contributed by atoms with Gasteiger partial charge in [0.1, 0.15) is 6.61 Å². The SMILES string of the molecule is O=C1CCN(C(=O)OCc2ccccc2)c2ccc(Br)cc21.O=C1CCNc2ccc(Br)cc21. The van der Waals surface area contributed by atoms with Crippen molar-refractivity contribution in [2.24, 2.45) is 0 Å². The van der Waals surface area contributed by atoms with Gasteiger partial charge in [-0.05, 0) is 42.0 Å². The molecule has 6 nitrogen and oxygen atoms in total. The number of benzene rings is 3. The van der Waals surface area contributed by atoms with Crippen LogP contribution in [0.5, 0.6) is 0 Å². The van der Waals surface area contributed by atoms with Crippen molar-refractivity contribution < 1.29 is 19.1 Å². The highest BCUT2D eigenvalue weighted by molar-refractivity contribution is 9.10. The molecule has 1 amide bonds. The van der Waals surface area contributed by atoms with Crippen molar-refractivity contribution >= 4 is 60.9 Å². The molecule has 0 saturated heterocycles. The summed E-state index contributed by atoms with van der Waals surface area (Å²) in [6.45, 7) is 1.32. The van der Waals surface area contributed by atoms with E-state index in [9.17, 15) is 14.4 Å². The van der Waals surface area contributed by atoms with Crippen LogP contribution in [0.4, 0.5) is 16.2 Å². The average Bonchev–Trinajstić information content (AvgIpc) is 2.85. The van der Waals surface area contributed by atoms with Crippen LogP contribution in [0.3, 0.4) is 0 Å². The van der Waals surface area contributed by atoms with Gasteiger partial charge in [-0.3, -0.25) is 14.5 Å². The van der Waals surface area contributed by atoms with E-state index in [1.165, 1.54) is 4.90 Å². The van der Waals surface area contributed by atoms with Crippen LogP contribution in [0.1, 0.15) is 39.1 Å². The molecule has 3 aromatic carbocycles. The van der Waals surface area contributed by atoms with Crippen molar-refractivity contribution in [2.45, 2.75) is 19.4 Å². The monoisotopic (exact) mass is 584 g/mol. The normalized spacial score (nSPS) is 14.2. The Morgan fingerprint density at radius 2 is 1.56 bits per heavy atom. The first-order valence-corrected chi connectivity index (χ1v) is 12.4. The van der Waals surface area contributed by atoms with Crippen LogP contribution in [0.15, 0.2) is 75.7 Å². The van der Waals surface area contributed by atoms with Gasteiger partial charge >= 0.3 is 6.09 Å². The number of Topliss-reactive ketones (excluding diaryl/α,β-unsaturated/α-hetero) is 2. The maximum atomic E-state index is 12.3. The molecule has 5 rings (SSSR count). The summed E-state index contributed by atoms with van der Waals surface area (Å²) < 4.78 is 7.13. The van der Waals surface area contributed by atoms with Crippen molar-refractivity contribution in [3.8, 4) is 0 Å². The Labute approximate surface area is 214 Å². The van der Waals surface area contributed by atoms with Gasteiger partial charge in [0.15, 0.2) is 11.6 Å². The number of fused-ring (bicyclic) bond motifs is 2. The zero-order valence-corrected chi connectivity index (χ0v) is 21.4. The molecule has 8 heteroatoms. The third-order valence-electron chi connectivity index (χ3n) is 5.49. The van der Waals surface area contributed by atoms with Crippen molar-refractivity contribution in [2.75, 3.05) is 23.3 Å². The summed E-state index contributed by atoms with van der Waals surface area (Å²) in [7, 11) is 0. The molecule has 174 valence electrons. The highest BCUT2D eigenvalue weighted by atomic mass is 79.9. The number of rotatable bonds is 2. The predicted octanol–water partition coefficient (Wildman–Crippen LogP) is 6.63. The van der Waals surface area contributed by atoms with Crippen LogP contribution < -0.4 is 10.2 Å². The van der Waals surface area contributed by atoms with E-state index in [-0.39, 0.29) is 18.2 Å². The summed E-state index contributed by atoms with van der Waals surface area (Å²) in [5.41, 5.74) is 3.85. The minimum Gasteiger partial charge on any atom is -0.444 e. The number of ether oxygens (including phenoxy) is 1. The van der Waals surface area contributed by atoms with E-state index in [4.69, 9.17) is 4.74 Å². The van der Waals surface area contributed by atoms with Gasteiger partial charge < -0.3 is 10.1 Å². The Hall–Kier alpha value is -2.97. The fourth-order valence-electron chi connectivity index (χ4n) is 3.77. The first-order chi connectivity index (χ1) is 16.4. The number of anilines is 2. The third kappa shape index (κ3) is 5.74. The lowest BCUT2D eigenvalue weighted by molar-refractivity contribution is 0.0971. The number of nitrogens with zero attached hydrogens (tertiary/aromatic N) is 1. The van der Waals surface area contributed by atoms with Gasteiger partial charge in [0.25, 0.3) is 0 Å². The zero-order chi connectivity index (χ0) is 24.1. The lowest BCUT2D eigenvalue weighted by Crippen LogP contribution is -2.37. The van der Waals surface area contributed by atoms with E-state index in [0.29, 0.717) is 30.6 Å². The smallest absolute Gasteiger partial charge is 0.414 e. The minimum atomic E-state index is -0.431. The molecule has 2 aliphatic rings. The summed E-state index contributed by atoms with van der Waals surface area (Å²) >= 11 is 6.69. The Morgan fingerprint density at radius 3 is 2.32 bits per heavy atom. The molecular weight excluding hydrogens is 564 g/mol. The molecule has 0 aromatic heterocycles. The first-order valence-electron chi connectivity index (χ1n) is 10.8. The highest BCUT2D eigenvalue weighted by Gasteiger charge is 2.28. The number of ketones is 2. The summed E-state index contributed by atoms with van der Waals surface area (Å²) in [5, 5.41) is 3.18. The fraction of sp³-hybridized carbons (Fsp3) is 0.192. The quantitative estimate of drug-likeness (QED) is 0.365. The van der Waals surface area contributed by atoms with Crippen LogP contribution in [0, 0.1) is 0 Å². The van der Waals surface area contributed by atoms with Crippen LogP contribution in [-0.2, 0) is 11.3 Å². The molecule has 0 bridgehead atoms. The van der Waals surface area contributed by atoms with Gasteiger partial charge in [-0.1, -0.05) is 62.2 Å². The number of halogens is 2. The lowest BCUT2D eigenvalue weighted by Gasteiger charge is -2.28. The second-order valence-corrected chi connectivity index (χ2v) is 9.65. The maximum Gasteiger partial charge on any atom is 0.414 e. The molecule has 1 N–H and O–H groups in total. The van der Waals surface area contributed by atoms with Crippen LogP contribution in [0.25, 0.3) is 0 Å². The van der Waals surface area contributed by atoms with E-state index >= 15 is 0 Å². The fourth-order valence-corrected chi connectivity index (χ4v) is 4.49. The Balaban J connectivity index is 0.000000192. The van der Waals surface area contributed by atoms with Crippen molar-refractivity contribution in [1.29, 1.82) is 0 Å². The third-order valence-corrected chi connectivity index (χ3v) is 6.47. The van der Waals surface area contributed by atoms with Crippen LogP contribution >= 0.6 is 31.9 Å². The standard InChI is InChI=1S/C17H14BrNO3.C9H8BrNO/c18-13-6-7-15-14(10-13)16(20)8-9-19(15)17(21)22-11-12-4-2-1-3-5-12;10-6-1-2-8-7(5-6)9(12)3-4-11-8/h1-7,10H,8-9,11H2;1-2,5,11H,3-4H2. The molecule has 0 aliphatic carbocycles. The Kier molecular flexibility index (Phi) is 7.80. The minimum absolute atomic E-state index is 0.0448. The average molecular weight is 586 g/mol. The molecule has 34 heavy (non-hydrogen) atoms. The summed E-state index contributed by atoms with van der Waals surface area (Å²) in [5.74, 6) is 0.272. The van der Waals surface area contributed by atoms with Gasteiger partial charge in [0.05, 0.1) is 5.69 Å². The summed E-state index contributed by atoms with van der Waals surface area (Å²) in [6, 6.07) is 20.6. The lowest BCUT2D eigenvalue weighted by atomic mass is 10.0. The Morgan fingerprint density at radius 1 is 0.882 bits per heavy atom. The van der Waals surface area contributed by atoms with Gasteiger partial charge in [-0.25, -0.2) is 4.79 Å². The van der Waals surface area contributed by atoms with Crippen molar-refractivity contribution in [1.82, 2.24) is 0 Å². The summed E-state index contributed by atoms with van der Waals surface area (Å²) in [4.78, 5) is 37.2. The van der Waals surface area contributed by atoms with Crippen LogP contribution in [-0.4, -0.2) is 30.7 Å². The molecule has 0 fully saturated rings. The highest BCUT2D eigenvalue weighted by Crippen LogP contribution is 2.30. The number of amides is 1. The van der Waals surface area contributed by atoms with Crippen molar-refractivity contribution in [3.05, 3.63) is 92.4 Å². The van der Waals surface area contributed by atoms with E-state index in [1.807, 2.05) is 54.6 Å². The number of hydrogen-bond acceptors (Lipinski definition) is 5. The van der Waals surface area contributed by atoms with E-state index in [0.717, 1.165) is 32.3 Å². The van der Waals surface area contributed by atoms with E-state index in [1.54, 1.807) is 12.1 Å². The van der Waals surface area contributed by atoms with Gasteiger partial charge in [0.2, 0.25) is 0 Å². The maximum absolute atomic E-state index is 12.3. The van der Waals surface area contributed by atoms with Gasteiger partial charge in [-0.2, -0.15) is 0 Å². The largest absolute Gasteiger partial charge is 0.444 e. The molecule has 3 aromatic rings. The molecule has 2 heterocycles. The van der Waals surface area contributed by atoms with Crippen molar-refractivity contribution in [3.63, 3.8) is 0 Å². The molecule has 0 atom stereocenters. The second kappa shape index (κ2) is 11.0. The predicted molar refractivity (Wildman–Crippen MR) is 139 cm³/mol. The molecule has 0 radical (unpaired) electrons. The second-order valence-electron chi connectivity index (χ2n) is 7.82. The Bertz CT molecular complexity index is 1230. The van der Waals surface area contributed by atoms with Crippen LogP contribution in [0.2, 0.25) is 0 Å². The number of nitrogens with one attached hydrogen (secondary N) is 1. The zero-order valence-electron chi connectivity index (χ0n) is 18.2. The van der Waals surface area contributed by atoms with Gasteiger partial charge in [0, 0.05) is 51.7 Å². The molecule has 2 aliphatic heterocycles. The number of hydrogen-bond donors (Lipinski definition) is 1. The topological polar surface area (TPSA) is 75.7 Å². The summed E-state index contributed by atoms with van der Waals surface area (Å²) in [6.07, 6.45) is 0.479. The molecule has 0 unspecified atom stereocenters. The first kappa shape index (κ1) is 24.2. The molecule has 0 spiro atoms. The number of carbonyl (C=O) groups is 3. The molecule has 0 saturated carbocycles. The van der Waals surface area contributed by atoms with E-state index in [2.05, 4.69) is 37.2 Å². The van der Waals surface area contributed by atoms with E-state index < -0.39 is 6.09 Å².